The lowest BCUT2D eigenvalue weighted by Crippen LogP contribution is -2.61. The monoisotopic (exact) mass is 731 g/mol. The molecule has 10 atom stereocenters. The molecule has 300 valence electrons. The molecule has 3 fully saturated rings. The predicted octanol–water partition coefficient (Wildman–Crippen LogP) is 9.55. The van der Waals surface area contributed by atoms with Crippen LogP contribution in [0.5, 0.6) is 0 Å². The number of aliphatic hydroxyl groups excluding tert-OH is 2. The van der Waals surface area contributed by atoms with Crippen molar-refractivity contribution < 1.29 is 34.8 Å². The lowest BCUT2D eigenvalue weighted by atomic mass is 9.46. The van der Waals surface area contributed by atoms with Crippen molar-refractivity contribution in [2.75, 3.05) is 0 Å². The van der Waals surface area contributed by atoms with Gasteiger partial charge in [-0.2, -0.15) is 0 Å². The van der Waals surface area contributed by atoms with Crippen LogP contribution in [0.25, 0.3) is 0 Å². The highest BCUT2D eigenvalue weighted by atomic mass is 16.5. The van der Waals surface area contributed by atoms with Crippen molar-refractivity contribution in [1.82, 2.24) is 0 Å². The van der Waals surface area contributed by atoms with E-state index in [2.05, 4.69) is 27.7 Å². The number of fused-ring (bicyclic) bond motifs is 5. The van der Waals surface area contributed by atoms with Gasteiger partial charge in [0.25, 0.3) is 0 Å². The molecule has 3 saturated carbocycles. The Morgan fingerprint density at radius 3 is 1.98 bits per heavy atom. The Balaban J connectivity index is 1.28. The number of hydrogen-bond donors (Lipinski definition) is 4. The molecule has 0 spiro atoms. The molecule has 52 heavy (non-hydrogen) atoms. The van der Waals surface area contributed by atoms with Crippen molar-refractivity contribution >= 4 is 11.8 Å². The second kappa shape index (κ2) is 19.0. The number of hydrogen-bond acceptors (Lipinski definition) is 7. The summed E-state index contributed by atoms with van der Waals surface area (Å²) in [5.41, 5.74) is -2.22. The highest BCUT2D eigenvalue weighted by Gasteiger charge is 2.67. The van der Waals surface area contributed by atoms with Gasteiger partial charge >= 0.3 is 5.97 Å². The highest BCUT2D eigenvalue weighted by Crippen LogP contribution is 2.68. The molecule has 4 N–H and O–H groups in total. The second-order valence-corrected chi connectivity index (χ2v) is 19.1. The molecule has 0 aromatic carbocycles. The first kappa shape index (κ1) is 43.4. The first-order chi connectivity index (χ1) is 24.6. The van der Waals surface area contributed by atoms with E-state index in [-0.39, 0.29) is 47.9 Å². The molecule has 0 aromatic heterocycles. The van der Waals surface area contributed by atoms with Crippen molar-refractivity contribution in [2.45, 2.75) is 225 Å². The number of esters is 1. The average molecular weight is 731 g/mol. The van der Waals surface area contributed by atoms with E-state index < -0.39 is 34.2 Å². The van der Waals surface area contributed by atoms with Gasteiger partial charge in [-0.05, 0) is 106 Å². The zero-order valence-electron chi connectivity index (χ0n) is 34.1. The van der Waals surface area contributed by atoms with Crippen molar-refractivity contribution in [1.29, 1.82) is 0 Å². The molecule has 0 aliphatic heterocycles. The molecule has 4 aliphatic carbocycles. The maximum absolute atomic E-state index is 13.6. The van der Waals surface area contributed by atoms with Gasteiger partial charge < -0.3 is 25.2 Å². The Labute approximate surface area is 317 Å². The van der Waals surface area contributed by atoms with E-state index in [9.17, 15) is 30.0 Å². The lowest BCUT2D eigenvalue weighted by Gasteiger charge is -2.60. The Hall–Kier alpha value is -1.28. The summed E-state index contributed by atoms with van der Waals surface area (Å²) in [4.78, 5) is 26.9. The van der Waals surface area contributed by atoms with Crippen molar-refractivity contribution in [3.05, 3.63) is 11.6 Å². The van der Waals surface area contributed by atoms with Crippen LogP contribution >= 0.6 is 0 Å². The molecule has 0 aromatic rings. The number of aliphatic hydroxyl groups is 4. The molecule has 0 radical (unpaired) electrons. The third-order valence-corrected chi connectivity index (χ3v) is 14.7. The largest absolute Gasteiger partial charge is 0.462 e. The summed E-state index contributed by atoms with van der Waals surface area (Å²) >= 11 is 0. The summed E-state index contributed by atoms with van der Waals surface area (Å²) in [6.45, 7) is 12.3. The number of carbonyl (C=O) groups excluding carboxylic acids is 2. The summed E-state index contributed by atoms with van der Waals surface area (Å²) in [6, 6.07) is 0. The number of unbranched alkanes of at least 4 members (excludes halogenated alkanes) is 14. The summed E-state index contributed by atoms with van der Waals surface area (Å²) in [6.07, 6.45) is 23.8. The summed E-state index contributed by atoms with van der Waals surface area (Å²) < 4.78 is 6.28. The van der Waals surface area contributed by atoms with Gasteiger partial charge in [0.05, 0.1) is 23.4 Å². The Morgan fingerprint density at radius 2 is 1.42 bits per heavy atom. The third kappa shape index (κ3) is 10.3. The minimum Gasteiger partial charge on any atom is -0.462 e. The highest BCUT2D eigenvalue weighted by molar-refractivity contribution is 5.95. The van der Waals surface area contributed by atoms with Crippen molar-refractivity contribution in [2.24, 2.45) is 34.5 Å². The molecular weight excluding hydrogens is 652 g/mol. The van der Waals surface area contributed by atoms with E-state index in [1.165, 1.54) is 77.0 Å². The van der Waals surface area contributed by atoms with Gasteiger partial charge in [-0.3, -0.25) is 9.59 Å². The van der Waals surface area contributed by atoms with Crippen LogP contribution in [0.3, 0.4) is 0 Å². The minimum absolute atomic E-state index is 0.0248. The third-order valence-electron chi connectivity index (χ3n) is 14.7. The maximum atomic E-state index is 13.6. The fourth-order valence-electron chi connectivity index (χ4n) is 11.3. The van der Waals surface area contributed by atoms with E-state index in [1.807, 2.05) is 0 Å². The number of rotatable bonds is 22. The van der Waals surface area contributed by atoms with E-state index in [4.69, 9.17) is 4.74 Å². The van der Waals surface area contributed by atoms with E-state index in [0.29, 0.717) is 32.1 Å². The van der Waals surface area contributed by atoms with Gasteiger partial charge in [-0.1, -0.05) is 118 Å². The zero-order valence-corrected chi connectivity index (χ0v) is 34.1. The van der Waals surface area contributed by atoms with Crippen molar-refractivity contribution in [3.8, 4) is 0 Å². The molecule has 1 unspecified atom stereocenters. The van der Waals surface area contributed by atoms with E-state index >= 15 is 0 Å². The second-order valence-electron chi connectivity index (χ2n) is 19.1. The van der Waals surface area contributed by atoms with Gasteiger partial charge in [0.1, 0.15) is 6.10 Å². The van der Waals surface area contributed by atoms with Gasteiger partial charge in [0.2, 0.25) is 0 Å². The topological polar surface area (TPSA) is 124 Å². The minimum atomic E-state index is -1.15. The number of ether oxygens (including phenoxy) is 1. The van der Waals surface area contributed by atoms with Gasteiger partial charge in [-0.15, -0.1) is 0 Å². The standard InChI is InChI=1S/C45H78O7/c1-7-8-9-10-11-12-13-14-15-16-17-18-19-20-21-22-41(49)52-40(25-26-42(3,4)50)32(2)33-24-28-45(51)35-29-37(46)36-30-38(47)39(48)31-43(36,5)34(35)23-27-44(33,45)6/h29,32-34,36,38-40,47-48,50-51H,7-28,30-31H2,1-6H3/t32-,33+,34-,36-,38+,39-,40?,43+,44+,45+/m0/s1. The summed E-state index contributed by atoms with van der Waals surface area (Å²) in [5, 5.41) is 44.4. The fourth-order valence-corrected chi connectivity index (χ4v) is 11.3. The van der Waals surface area contributed by atoms with Gasteiger partial charge in [0, 0.05) is 17.8 Å². The molecule has 7 heteroatoms. The van der Waals surface area contributed by atoms with Crippen LogP contribution in [0.1, 0.15) is 196 Å². The smallest absolute Gasteiger partial charge is 0.306 e. The first-order valence-corrected chi connectivity index (χ1v) is 21.8. The van der Waals surface area contributed by atoms with Crippen LogP contribution in [0.2, 0.25) is 0 Å². The molecular formula is C45H78O7. The summed E-state index contributed by atoms with van der Waals surface area (Å²) in [7, 11) is 0. The molecule has 0 heterocycles. The number of allylic oxidation sites excluding steroid dienone is 1. The van der Waals surface area contributed by atoms with Crippen LogP contribution in [-0.2, 0) is 14.3 Å². The van der Waals surface area contributed by atoms with Gasteiger partial charge in [-0.25, -0.2) is 0 Å². The number of carbonyl (C=O) groups is 2. The van der Waals surface area contributed by atoms with Crippen molar-refractivity contribution in [3.63, 3.8) is 0 Å². The Bertz CT molecular complexity index is 1170. The number of ketones is 1. The maximum Gasteiger partial charge on any atom is 0.306 e. The quantitative estimate of drug-likeness (QED) is 0.0646. The molecule has 4 rings (SSSR count). The Kier molecular flexibility index (Phi) is 15.9. The van der Waals surface area contributed by atoms with Gasteiger partial charge in [0.15, 0.2) is 5.78 Å². The first-order valence-electron chi connectivity index (χ1n) is 21.8. The SMILES string of the molecule is CCCCCCCCCCCCCCCCCC(=O)OC(CCC(C)(C)O)[C@@H](C)[C@H]1CC[C@@]2(O)C3=CC(=O)[C@@H]4C[C@@H](O)[C@@H](O)C[C@]4(C)[C@H]3CC[C@]12C. The fraction of sp³-hybridized carbons (Fsp3) is 0.911. The summed E-state index contributed by atoms with van der Waals surface area (Å²) in [5.74, 6) is -0.532. The van der Waals surface area contributed by atoms with E-state index in [0.717, 1.165) is 44.1 Å². The molecule has 0 bridgehead atoms. The molecule has 7 nitrogen and oxygen atoms in total. The van der Waals surface area contributed by atoms with Crippen LogP contribution < -0.4 is 0 Å². The lowest BCUT2D eigenvalue weighted by molar-refractivity contribution is -0.162. The average Bonchev–Trinajstić information content (AvgIpc) is 3.36. The predicted molar refractivity (Wildman–Crippen MR) is 209 cm³/mol. The molecule has 0 amide bonds. The van der Waals surface area contributed by atoms with Crippen LogP contribution in [-0.4, -0.2) is 61.7 Å². The van der Waals surface area contributed by atoms with Crippen LogP contribution in [0.4, 0.5) is 0 Å². The van der Waals surface area contributed by atoms with Crippen LogP contribution in [0.15, 0.2) is 11.6 Å². The molecule has 0 saturated heterocycles. The van der Waals surface area contributed by atoms with E-state index in [1.54, 1.807) is 19.9 Å². The molecule has 4 aliphatic rings. The Morgan fingerprint density at radius 1 is 0.865 bits per heavy atom. The zero-order chi connectivity index (χ0) is 38.2. The normalized spacial score (nSPS) is 34.2. The van der Waals surface area contributed by atoms with Crippen LogP contribution in [0, 0.1) is 34.5 Å².